The van der Waals surface area contributed by atoms with Crippen molar-refractivity contribution >= 4 is 63.0 Å². The number of thiophene rings is 2. The average molecular weight is 987 g/mol. The lowest BCUT2D eigenvalue weighted by atomic mass is 9.91. The maximum Gasteiger partial charge on any atom is 0.0434 e. The van der Waals surface area contributed by atoms with E-state index < -0.39 is 0 Å². The molecule has 15 rings (SSSR count). The third kappa shape index (κ3) is 7.56. The van der Waals surface area contributed by atoms with Crippen molar-refractivity contribution in [3.8, 4) is 100 Å². The van der Waals surface area contributed by atoms with Crippen molar-refractivity contribution in [3.63, 3.8) is 0 Å². The molecule has 0 saturated heterocycles. The predicted molar refractivity (Wildman–Crippen MR) is 324 cm³/mol. The molecule has 75 heavy (non-hydrogen) atoms. The molecule has 2 aromatic heterocycles. The van der Waals surface area contributed by atoms with E-state index in [-0.39, 0.29) is 0 Å². The molecule has 0 aliphatic heterocycles. The van der Waals surface area contributed by atoms with E-state index in [2.05, 4.69) is 267 Å². The van der Waals surface area contributed by atoms with E-state index in [0.717, 1.165) is 6.42 Å². The highest BCUT2D eigenvalue weighted by atomic mass is 32.1. The molecule has 350 valence electrons. The Morgan fingerprint density at radius 2 is 0.427 bits per heavy atom. The van der Waals surface area contributed by atoms with E-state index >= 15 is 0 Å². The standard InChI is InChI=1S/C73H46S2/c1-7-19-46(20-8-1)56-38-62(50-27-15-5-16-28-50)70-66(42-56)68-44-58(48-23-11-3-12-24-48)40-64(72(68)74-70)54-33-31-52-35-53-32-34-55(37-61(53)60(52)36-54)65-41-59(49-25-13-4-14-26-49)45-69-67-43-57(47-21-9-2-10-22-47)39-63(71(67)75-73(65)69)51-29-17-6-18-30-51/h1-34,36-45H,35H2. The average Bonchev–Trinajstić information content (AvgIpc) is 4.20. The van der Waals surface area contributed by atoms with Crippen LogP contribution < -0.4 is 0 Å². The van der Waals surface area contributed by atoms with Crippen LogP contribution in [-0.2, 0) is 6.42 Å². The van der Waals surface area contributed by atoms with Crippen LogP contribution in [0.25, 0.3) is 140 Å². The van der Waals surface area contributed by atoms with Crippen LogP contribution in [0.2, 0.25) is 0 Å². The highest BCUT2D eigenvalue weighted by molar-refractivity contribution is 7.27. The van der Waals surface area contributed by atoms with Crippen molar-refractivity contribution in [3.05, 3.63) is 278 Å². The monoisotopic (exact) mass is 986 g/mol. The lowest BCUT2D eigenvalue weighted by molar-refractivity contribution is 1.26. The zero-order valence-electron chi connectivity index (χ0n) is 40.9. The van der Waals surface area contributed by atoms with Crippen molar-refractivity contribution < 1.29 is 0 Å². The van der Waals surface area contributed by atoms with Crippen molar-refractivity contribution in [1.29, 1.82) is 0 Å². The molecule has 12 aromatic carbocycles. The Morgan fingerprint density at radius 1 is 0.187 bits per heavy atom. The minimum Gasteiger partial charge on any atom is -0.134 e. The molecule has 0 atom stereocenters. The van der Waals surface area contributed by atoms with Crippen LogP contribution in [0, 0.1) is 0 Å². The molecule has 0 N–H and O–H groups in total. The Kier molecular flexibility index (Phi) is 10.4. The lowest BCUT2D eigenvalue weighted by Crippen LogP contribution is -1.87. The smallest absolute Gasteiger partial charge is 0.0434 e. The first-order valence-electron chi connectivity index (χ1n) is 25.8. The van der Waals surface area contributed by atoms with Gasteiger partial charge in [0, 0.05) is 62.6 Å². The summed E-state index contributed by atoms with van der Waals surface area (Å²) in [5.41, 5.74) is 25.2. The fourth-order valence-electron chi connectivity index (χ4n) is 11.7. The van der Waals surface area contributed by atoms with Gasteiger partial charge in [-0.3, -0.25) is 0 Å². The fourth-order valence-corrected chi connectivity index (χ4v) is 14.4. The minimum absolute atomic E-state index is 0.918. The molecular formula is C73H46S2. The van der Waals surface area contributed by atoms with Gasteiger partial charge in [-0.15, -0.1) is 22.7 Å². The SMILES string of the molecule is c1ccc(-c2cc(-c3ccccc3)c3sc4c(-c5ccc6c(c5)-c5cc(-c7cc(-c8ccccc8)cc8c7sc7c(-c9ccccc9)cc(-c9ccccc9)cc78)ccc5C6)cc(-c5ccccc5)cc4c3c2)cc1. The number of fused-ring (bicyclic) bond motifs is 9. The Hall–Kier alpha value is -8.92. The minimum atomic E-state index is 0.918. The van der Waals surface area contributed by atoms with Gasteiger partial charge in [0.1, 0.15) is 0 Å². The molecule has 2 heteroatoms. The lowest BCUT2D eigenvalue weighted by Gasteiger charge is -2.12. The van der Waals surface area contributed by atoms with Gasteiger partial charge in [-0.1, -0.05) is 206 Å². The number of rotatable bonds is 8. The van der Waals surface area contributed by atoms with Gasteiger partial charge in [0.2, 0.25) is 0 Å². The second-order valence-corrected chi connectivity index (χ2v) is 22.0. The van der Waals surface area contributed by atoms with Crippen LogP contribution in [0.5, 0.6) is 0 Å². The largest absolute Gasteiger partial charge is 0.134 e. The van der Waals surface area contributed by atoms with Gasteiger partial charge in [0.15, 0.2) is 0 Å². The van der Waals surface area contributed by atoms with E-state index in [1.165, 1.54) is 152 Å². The molecular weight excluding hydrogens is 941 g/mol. The van der Waals surface area contributed by atoms with Crippen molar-refractivity contribution in [2.24, 2.45) is 0 Å². The fraction of sp³-hybridized carbons (Fsp3) is 0.0137. The predicted octanol–water partition coefficient (Wildman–Crippen LogP) is 21.3. The summed E-state index contributed by atoms with van der Waals surface area (Å²) >= 11 is 3.87. The first-order chi connectivity index (χ1) is 37.1. The molecule has 0 bridgehead atoms. The van der Waals surface area contributed by atoms with Gasteiger partial charge in [-0.25, -0.2) is 0 Å². The van der Waals surface area contributed by atoms with E-state index in [4.69, 9.17) is 0 Å². The van der Waals surface area contributed by atoms with Crippen LogP contribution in [0.4, 0.5) is 0 Å². The van der Waals surface area contributed by atoms with Gasteiger partial charge in [0.05, 0.1) is 0 Å². The second-order valence-electron chi connectivity index (χ2n) is 19.9. The van der Waals surface area contributed by atoms with Crippen LogP contribution in [0.15, 0.2) is 267 Å². The Labute approximate surface area is 444 Å². The van der Waals surface area contributed by atoms with Crippen molar-refractivity contribution in [1.82, 2.24) is 0 Å². The summed E-state index contributed by atoms with van der Waals surface area (Å²) in [5.74, 6) is 0. The second kappa shape index (κ2) is 17.9. The molecule has 0 radical (unpaired) electrons. The summed E-state index contributed by atoms with van der Waals surface area (Å²) < 4.78 is 5.26. The highest BCUT2D eigenvalue weighted by Crippen LogP contribution is 2.51. The van der Waals surface area contributed by atoms with E-state index in [9.17, 15) is 0 Å². The van der Waals surface area contributed by atoms with Gasteiger partial charge >= 0.3 is 0 Å². The van der Waals surface area contributed by atoms with Crippen molar-refractivity contribution in [2.75, 3.05) is 0 Å². The maximum atomic E-state index is 2.50. The van der Waals surface area contributed by atoms with Crippen LogP contribution in [0.3, 0.4) is 0 Å². The van der Waals surface area contributed by atoms with Gasteiger partial charge < -0.3 is 0 Å². The summed E-state index contributed by atoms with van der Waals surface area (Å²) in [6.45, 7) is 0. The first kappa shape index (κ1) is 43.6. The molecule has 0 spiro atoms. The molecule has 1 aliphatic rings. The molecule has 0 unspecified atom stereocenters. The van der Waals surface area contributed by atoms with Crippen LogP contribution >= 0.6 is 22.7 Å². The molecule has 0 nitrogen and oxygen atoms in total. The molecule has 0 saturated carbocycles. The molecule has 1 aliphatic carbocycles. The van der Waals surface area contributed by atoms with E-state index in [1.807, 2.05) is 22.7 Å². The third-order valence-electron chi connectivity index (χ3n) is 15.5. The van der Waals surface area contributed by atoms with Gasteiger partial charge in [0.25, 0.3) is 0 Å². The molecule has 0 amide bonds. The summed E-state index contributed by atoms with van der Waals surface area (Å²) in [6.07, 6.45) is 0.918. The summed E-state index contributed by atoms with van der Waals surface area (Å²) in [7, 11) is 0. The topological polar surface area (TPSA) is 0 Å². The summed E-state index contributed by atoms with van der Waals surface area (Å²) in [6, 6.07) is 99.4. The zero-order valence-corrected chi connectivity index (χ0v) is 42.6. The van der Waals surface area contributed by atoms with Crippen LogP contribution in [0.1, 0.15) is 11.1 Å². The van der Waals surface area contributed by atoms with E-state index in [0.29, 0.717) is 0 Å². The zero-order chi connectivity index (χ0) is 49.4. The highest BCUT2D eigenvalue weighted by Gasteiger charge is 2.25. The van der Waals surface area contributed by atoms with E-state index in [1.54, 1.807) is 0 Å². The molecule has 14 aromatic rings. The summed E-state index contributed by atoms with van der Waals surface area (Å²) in [5, 5.41) is 5.17. The maximum absolute atomic E-state index is 2.50. The Morgan fingerprint density at radius 3 is 0.707 bits per heavy atom. The van der Waals surface area contributed by atoms with Crippen molar-refractivity contribution in [2.45, 2.75) is 6.42 Å². The first-order valence-corrected chi connectivity index (χ1v) is 27.5. The number of hydrogen-bond donors (Lipinski definition) is 0. The van der Waals surface area contributed by atoms with Gasteiger partial charge in [-0.2, -0.15) is 0 Å². The Bertz CT molecular complexity index is 4200. The molecule has 0 fully saturated rings. The Balaban J connectivity index is 0.931. The molecule has 2 heterocycles. The number of benzene rings is 12. The quantitative estimate of drug-likeness (QED) is 0.142. The number of hydrogen-bond acceptors (Lipinski definition) is 2. The normalized spacial score (nSPS) is 11.9. The summed E-state index contributed by atoms with van der Waals surface area (Å²) in [4.78, 5) is 0. The van der Waals surface area contributed by atoms with Gasteiger partial charge in [-0.05, 0) is 156 Å². The van der Waals surface area contributed by atoms with Crippen LogP contribution in [-0.4, -0.2) is 0 Å². The third-order valence-corrected chi connectivity index (χ3v) is 18.0.